The standard InChI is InChI=1S/C14H19ClN2O3/c1-3-14(4-2,8-16)13(20)17-11-7-9(12(18)19)5-6-10(11)15/h5-7H,3-4,8,16H2,1-2H3,(H,17,20)(H,18,19). The van der Waals surface area contributed by atoms with Crippen LogP contribution in [-0.4, -0.2) is 23.5 Å². The normalized spacial score (nSPS) is 11.2. The van der Waals surface area contributed by atoms with Gasteiger partial charge < -0.3 is 16.2 Å². The van der Waals surface area contributed by atoms with Gasteiger partial charge in [0.2, 0.25) is 5.91 Å². The molecule has 0 bridgehead atoms. The summed E-state index contributed by atoms with van der Waals surface area (Å²) < 4.78 is 0. The Morgan fingerprint density at radius 3 is 2.40 bits per heavy atom. The SMILES string of the molecule is CCC(CC)(CN)C(=O)Nc1cc(C(=O)O)ccc1Cl. The third-order valence-electron chi connectivity index (χ3n) is 3.69. The molecule has 0 atom stereocenters. The molecule has 110 valence electrons. The first kappa shape index (κ1) is 16.5. The van der Waals surface area contributed by atoms with Crippen LogP contribution in [0.3, 0.4) is 0 Å². The Morgan fingerprint density at radius 2 is 1.95 bits per heavy atom. The molecule has 1 amide bonds. The van der Waals surface area contributed by atoms with Gasteiger partial charge in [-0.25, -0.2) is 4.79 Å². The molecule has 1 aromatic rings. The highest BCUT2D eigenvalue weighted by Gasteiger charge is 2.33. The molecule has 0 radical (unpaired) electrons. The minimum absolute atomic E-state index is 0.0658. The van der Waals surface area contributed by atoms with E-state index in [1.807, 2.05) is 13.8 Å². The lowest BCUT2D eigenvalue weighted by atomic mass is 9.81. The van der Waals surface area contributed by atoms with E-state index in [2.05, 4.69) is 5.32 Å². The van der Waals surface area contributed by atoms with E-state index in [4.69, 9.17) is 22.4 Å². The second kappa shape index (κ2) is 6.72. The third kappa shape index (κ3) is 3.29. The summed E-state index contributed by atoms with van der Waals surface area (Å²) in [5.41, 5.74) is 5.40. The zero-order valence-electron chi connectivity index (χ0n) is 11.6. The molecule has 0 aliphatic rings. The second-order valence-electron chi connectivity index (χ2n) is 4.65. The Bertz CT molecular complexity index is 505. The number of carbonyl (C=O) groups is 2. The minimum atomic E-state index is -1.08. The summed E-state index contributed by atoms with van der Waals surface area (Å²) in [6, 6.07) is 4.17. The highest BCUT2D eigenvalue weighted by Crippen LogP contribution is 2.29. The lowest BCUT2D eigenvalue weighted by Gasteiger charge is -2.28. The molecule has 4 N–H and O–H groups in total. The molecule has 0 saturated carbocycles. The van der Waals surface area contributed by atoms with E-state index in [0.29, 0.717) is 17.9 Å². The highest BCUT2D eigenvalue weighted by atomic mass is 35.5. The summed E-state index contributed by atoms with van der Waals surface area (Å²) in [4.78, 5) is 23.3. The number of carbonyl (C=O) groups excluding carboxylic acids is 1. The molecule has 0 spiro atoms. The molecule has 0 aliphatic heterocycles. The molecule has 0 fully saturated rings. The van der Waals surface area contributed by atoms with Crippen molar-refractivity contribution in [3.05, 3.63) is 28.8 Å². The van der Waals surface area contributed by atoms with Crippen molar-refractivity contribution in [3.8, 4) is 0 Å². The Hall–Kier alpha value is -1.59. The fourth-order valence-electron chi connectivity index (χ4n) is 1.96. The molecule has 1 aromatic carbocycles. The third-order valence-corrected chi connectivity index (χ3v) is 4.02. The maximum Gasteiger partial charge on any atom is 0.335 e. The molecule has 20 heavy (non-hydrogen) atoms. The summed E-state index contributed by atoms with van der Waals surface area (Å²) in [6.07, 6.45) is 1.20. The second-order valence-corrected chi connectivity index (χ2v) is 5.05. The Labute approximate surface area is 123 Å². The molecular formula is C14H19ClN2O3. The number of rotatable bonds is 6. The smallest absolute Gasteiger partial charge is 0.335 e. The number of nitrogens with two attached hydrogens (primary N) is 1. The molecule has 5 nitrogen and oxygen atoms in total. The van der Waals surface area contributed by atoms with Crippen molar-refractivity contribution in [1.29, 1.82) is 0 Å². The zero-order chi connectivity index (χ0) is 15.3. The monoisotopic (exact) mass is 298 g/mol. The van der Waals surface area contributed by atoms with E-state index < -0.39 is 11.4 Å². The molecule has 0 saturated heterocycles. The molecule has 1 rings (SSSR count). The highest BCUT2D eigenvalue weighted by molar-refractivity contribution is 6.34. The van der Waals surface area contributed by atoms with Crippen LogP contribution in [0.15, 0.2) is 18.2 Å². The Kier molecular flexibility index (Phi) is 5.53. The maximum atomic E-state index is 12.4. The number of nitrogens with one attached hydrogen (secondary N) is 1. The van der Waals surface area contributed by atoms with Crippen molar-refractivity contribution < 1.29 is 14.7 Å². The number of amides is 1. The van der Waals surface area contributed by atoms with E-state index in [-0.39, 0.29) is 23.7 Å². The van der Waals surface area contributed by atoms with Crippen LogP contribution < -0.4 is 11.1 Å². The number of anilines is 1. The van der Waals surface area contributed by atoms with Crippen LogP contribution >= 0.6 is 11.6 Å². The summed E-state index contributed by atoms with van der Waals surface area (Å²) in [5, 5.41) is 11.9. The van der Waals surface area contributed by atoms with Crippen LogP contribution in [-0.2, 0) is 4.79 Å². The summed E-state index contributed by atoms with van der Waals surface area (Å²) in [7, 11) is 0. The van der Waals surface area contributed by atoms with Gasteiger partial charge in [0.1, 0.15) is 0 Å². The molecule has 0 aromatic heterocycles. The average molecular weight is 299 g/mol. The lowest BCUT2D eigenvalue weighted by Crippen LogP contribution is -2.41. The Morgan fingerprint density at radius 1 is 1.35 bits per heavy atom. The van der Waals surface area contributed by atoms with Gasteiger partial charge in [0.05, 0.1) is 21.7 Å². The number of benzene rings is 1. The molecular weight excluding hydrogens is 280 g/mol. The lowest BCUT2D eigenvalue weighted by molar-refractivity contribution is -0.125. The number of aromatic carboxylic acids is 1. The van der Waals surface area contributed by atoms with Gasteiger partial charge in [-0.2, -0.15) is 0 Å². The number of halogens is 1. The Balaban J connectivity index is 3.06. The van der Waals surface area contributed by atoms with Crippen molar-refractivity contribution in [3.63, 3.8) is 0 Å². The predicted molar refractivity (Wildman–Crippen MR) is 79.1 cm³/mol. The maximum absolute atomic E-state index is 12.4. The van der Waals surface area contributed by atoms with Gasteiger partial charge in [0, 0.05) is 6.54 Å². The van der Waals surface area contributed by atoms with Crippen molar-refractivity contribution in [2.75, 3.05) is 11.9 Å². The van der Waals surface area contributed by atoms with Crippen LogP contribution in [0.1, 0.15) is 37.0 Å². The van der Waals surface area contributed by atoms with Gasteiger partial charge in [0.15, 0.2) is 0 Å². The van der Waals surface area contributed by atoms with E-state index in [9.17, 15) is 9.59 Å². The van der Waals surface area contributed by atoms with Gasteiger partial charge >= 0.3 is 5.97 Å². The van der Waals surface area contributed by atoms with Crippen molar-refractivity contribution >= 4 is 29.2 Å². The molecule has 0 heterocycles. The molecule has 6 heteroatoms. The number of carboxylic acid groups (broad SMARTS) is 1. The predicted octanol–water partition coefficient (Wildman–Crippen LogP) is 2.74. The first-order valence-corrected chi connectivity index (χ1v) is 6.82. The van der Waals surface area contributed by atoms with Crippen molar-refractivity contribution in [1.82, 2.24) is 0 Å². The number of hydrogen-bond acceptors (Lipinski definition) is 3. The van der Waals surface area contributed by atoms with Gasteiger partial charge in [-0.05, 0) is 31.0 Å². The summed E-state index contributed by atoms with van der Waals surface area (Å²) in [6.45, 7) is 4.01. The first-order valence-electron chi connectivity index (χ1n) is 6.44. The topological polar surface area (TPSA) is 92.4 Å². The van der Waals surface area contributed by atoms with Gasteiger partial charge in [-0.1, -0.05) is 25.4 Å². The van der Waals surface area contributed by atoms with E-state index in [1.165, 1.54) is 18.2 Å². The quantitative estimate of drug-likeness (QED) is 0.753. The molecule has 0 aliphatic carbocycles. The zero-order valence-corrected chi connectivity index (χ0v) is 12.3. The fraction of sp³-hybridized carbons (Fsp3) is 0.429. The van der Waals surface area contributed by atoms with Crippen LogP contribution in [0.4, 0.5) is 5.69 Å². The van der Waals surface area contributed by atoms with Crippen molar-refractivity contribution in [2.24, 2.45) is 11.1 Å². The van der Waals surface area contributed by atoms with Crippen LogP contribution in [0, 0.1) is 5.41 Å². The molecule has 0 unspecified atom stereocenters. The van der Waals surface area contributed by atoms with Gasteiger partial charge in [-0.15, -0.1) is 0 Å². The van der Waals surface area contributed by atoms with Gasteiger partial charge in [0.25, 0.3) is 0 Å². The number of hydrogen-bond donors (Lipinski definition) is 3. The van der Waals surface area contributed by atoms with Crippen LogP contribution in [0.5, 0.6) is 0 Å². The summed E-state index contributed by atoms with van der Waals surface area (Å²) in [5.74, 6) is -1.32. The van der Waals surface area contributed by atoms with Crippen LogP contribution in [0.2, 0.25) is 5.02 Å². The fourth-order valence-corrected chi connectivity index (χ4v) is 2.13. The minimum Gasteiger partial charge on any atom is -0.478 e. The van der Waals surface area contributed by atoms with E-state index in [0.717, 1.165) is 0 Å². The van der Waals surface area contributed by atoms with Crippen molar-refractivity contribution in [2.45, 2.75) is 26.7 Å². The van der Waals surface area contributed by atoms with Gasteiger partial charge in [-0.3, -0.25) is 4.79 Å². The average Bonchev–Trinajstić information content (AvgIpc) is 2.43. The van der Waals surface area contributed by atoms with E-state index >= 15 is 0 Å². The number of carboxylic acids is 1. The summed E-state index contributed by atoms with van der Waals surface area (Å²) >= 11 is 5.99. The first-order chi connectivity index (χ1) is 9.40. The largest absolute Gasteiger partial charge is 0.478 e. The van der Waals surface area contributed by atoms with E-state index in [1.54, 1.807) is 0 Å². The van der Waals surface area contributed by atoms with Crippen LogP contribution in [0.25, 0.3) is 0 Å².